The zero-order chi connectivity index (χ0) is 17.3. The van der Waals surface area contributed by atoms with E-state index in [9.17, 15) is 9.59 Å². The summed E-state index contributed by atoms with van der Waals surface area (Å²) in [7, 11) is 3.25. The molecule has 0 fully saturated rings. The minimum absolute atomic E-state index is 0.165. The van der Waals surface area contributed by atoms with Gasteiger partial charge in [0.2, 0.25) is 0 Å². The molecule has 0 saturated heterocycles. The Morgan fingerprint density at radius 3 is 2.92 bits per heavy atom. The van der Waals surface area contributed by atoms with Gasteiger partial charge in [-0.05, 0) is 36.1 Å². The van der Waals surface area contributed by atoms with Gasteiger partial charge in [0, 0.05) is 12.6 Å². The SMILES string of the molecule is COc1cc(C(=O)N(C)Cc2nc3ccsc3c(=O)[nH]2)ccc1C. The average molecular weight is 343 g/mol. The van der Waals surface area contributed by atoms with E-state index in [1.807, 2.05) is 18.4 Å². The molecule has 6 nitrogen and oxygen atoms in total. The van der Waals surface area contributed by atoms with Crippen molar-refractivity contribution < 1.29 is 9.53 Å². The summed E-state index contributed by atoms with van der Waals surface area (Å²) in [6.45, 7) is 2.14. The summed E-state index contributed by atoms with van der Waals surface area (Å²) in [5.74, 6) is 0.961. The van der Waals surface area contributed by atoms with Crippen molar-refractivity contribution >= 4 is 27.5 Å². The smallest absolute Gasteiger partial charge is 0.268 e. The molecule has 0 spiro atoms. The molecule has 1 amide bonds. The third-order valence-corrected chi connectivity index (χ3v) is 4.65. The summed E-state index contributed by atoms with van der Waals surface area (Å²) in [5, 5.41) is 1.82. The Morgan fingerprint density at radius 1 is 1.38 bits per heavy atom. The first-order valence-electron chi connectivity index (χ1n) is 7.36. The van der Waals surface area contributed by atoms with Crippen LogP contribution in [0.3, 0.4) is 0 Å². The van der Waals surface area contributed by atoms with E-state index in [2.05, 4.69) is 9.97 Å². The van der Waals surface area contributed by atoms with Crippen LogP contribution in [0.5, 0.6) is 5.75 Å². The zero-order valence-electron chi connectivity index (χ0n) is 13.6. The Balaban J connectivity index is 1.84. The minimum Gasteiger partial charge on any atom is -0.496 e. The summed E-state index contributed by atoms with van der Waals surface area (Å²) in [6.07, 6.45) is 0. The van der Waals surface area contributed by atoms with Crippen LogP contribution in [0.2, 0.25) is 0 Å². The van der Waals surface area contributed by atoms with E-state index >= 15 is 0 Å². The van der Waals surface area contributed by atoms with Gasteiger partial charge in [0.05, 0.1) is 19.2 Å². The van der Waals surface area contributed by atoms with Crippen LogP contribution in [0.25, 0.3) is 10.2 Å². The second-order valence-corrected chi connectivity index (χ2v) is 6.41. The number of carbonyl (C=O) groups excluding carboxylic acids is 1. The first-order valence-corrected chi connectivity index (χ1v) is 8.24. The number of nitrogens with zero attached hydrogens (tertiary/aromatic N) is 2. The van der Waals surface area contributed by atoms with Crippen LogP contribution in [0, 0.1) is 6.92 Å². The van der Waals surface area contributed by atoms with Gasteiger partial charge in [-0.1, -0.05) is 6.07 Å². The molecule has 7 heteroatoms. The van der Waals surface area contributed by atoms with E-state index in [-0.39, 0.29) is 18.0 Å². The van der Waals surface area contributed by atoms with Crippen molar-refractivity contribution in [2.45, 2.75) is 13.5 Å². The van der Waals surface area contributed by atoms with Crippen LogP contribution >= 0.6 is 11.3 Å². The highest BCUT2D eigenvalue weighted by molar-refractivity contribution is 7.17. The van der Waals surface area contributed by atoms with Gasteiger partial charge in [-0.25, -0.2) is 4.98 Å². The van der Waals surface area contributed by atoms with E-state index in [0.29, 0.717) is 27.4 Å². The van der Waals surface area contributed by atoms with Crippen LogP contribution in [-0.2, 0) is 6.54 Å². The number of hydrogen-bond donors (Lipinski definition) is 1. The van der Waals surface area contributed by atoms with Crippen molar-refractivity contribution in [2.24, 2.45) is 0 Å². The number of aryl methyl sites for hydroxylation is 1. The van der Waals surface area contributed by atoms with E-state index in [4.69, 9.17) is 4.74 Å². The second-order valence-electron chi connectivity index (χ2n) is 5.49. The van der Waals surface area contributed by atoms with Crippen LogP contribution < -0.4 is 10.3 Å². The van der Waals surface area contributed by atoms with E-state index in [1.165, 1.54) is 16.2 Å². The number of hydrogen-bond acceptors (Lipinski definition) is 5. The number of nitrogens with one attached hydrogen (secondary N) is 1. The first-order chi connectivity index (χ1) is 11.5. The van der Waals surface area contributed by atoms with Gasteiger partial charge in [-0.15, -0.1) is 11.3 Å². The van der Waals surface area contributed by atoms with Crippen LogP contribution in [-0.4, -0.2) is 34.9 Å². The van der Waals surface area contributed by atoms with Crippen molar-refractivity contribution in [3.63, 3.8) is 0 Å². The van der Waals surface area contributed by atoms with Gasteiger partial charge >= 0.3 is 0 Å². The molecule has 2 heterocycles. The lowest BCUT2D eigenvalue weighted by Gasteiger charge is -2.17. The molecule has 1 aromatic carbocycles. The fraction of sp³-hybridized carbons (Fsp3) is 0.235. The summed E-state index contributed by atoms with van der Waals surface area (Å²) < 4.78 is 5.85. The molecule has 0 bridgehead atoms. The maximum absolute atomic E-state index is 12.6. The standard InChI is InChI=1S/C17H17N3O3S/c1-10-4-5-11(8-13(10)23-3)17(22)20(2)9-14-18-12-6-7-24-15(12)16(21)19-14/h4-8H,9H2,1-3H3,(H,18,19,21). The summed E-state index contributed by atoms with van der Waals surface area (Å²) in [5.41, 5.74) is 1.96. The van der Waals surface area contributed by atoms with Gasteiger partial charge < -0.3 is 14.6 Å². The molecule has 0 saturated carbocycles. The number of thiophene rings is 1. The molecule has 124 valence electrons. The molecular formula is C17H17N3O3S. The van der Waals surface area contributed by atoms with Crippen molar-refractivity contribution in [3.8, 4) is 5.75 Å². The molecule has 0 aliphatic carbocycles. The molecule has 3 rings (SSSR count). The fourth-order valence-corrected chi connectivity index (χ4v) is 3.19. The highest BCUT2D eigenvalue weighted by Gasteiger charge is 2.15. The fourth-order valence-electron chi connectivity index (χ4n) is 2.47. The Morgan fingerprint density at radius 2 is 2.17 bits per heavy atom. The molecule has 0 aliphatic rings. The molecule has 0 aliphatic heterocycles. The maximum Gasteiger partial charge on any atom is 0.268 e. The second kappa shape index (κ2) is 6.45. The molecule has 24 heavy (non-hydrogen) atoms. The van der Waals surface area contributed by atoms with Gasteiger partial charge in [0.25, 0.3) is 11.5 Å². The van der Waals surface area contributed by atoms with E-state index in [1.54, 1.807) is 32.4 Å². The summed E-state index contributed by atoms with van der Waals surface area (Å²) >= 11 is 1.35. The summed E-state index contributed by atoms with van der Waals surface area (Å²) in [6, 6.07) is 7.12. The topological polar surface area (TPSA) is 75.3 Å². The Hall–Kier alpha value is -2.67. The predicted octanol–water partition coefficient (Wildman–Crippen LogP) is 2.57. The summed E-state index contributed by atoms with van der Waals surface area (Å²) in [4.78, 5) is 33.2. The number of methoxy groups -OCH3 is 1. The molecular weight excluding hydrogens is 326 g/mol. The maximum atomic E-state index is 12.6. The molecule has 3 aromatic rings. The number of aromatic amines is 1. The number of ether oxygens (including phenoxy) is 1. The van der Waals surface area contributed by atoms with Crippen molar-refractivity contribution in [2.75, 3.05) is 14.2 Å². The van der Waals surface area contributed by atoms with Crippen LogP contribution in [0.4, 0.5) is 0 Å². The Labute approximate surface area is 142 Å². The van der Waals surface area contributed by atoms with Crippen molar-refractivity contribution in [3.05, 3.63) is 57.0 Å². The molecule has 2 aromatic heterocycles. The van der Waals surface area contributed by atoms with E-state index in [0.717, 1.165) is 5.56 Å². The number of rotatable bonds is 4. The van der Waals surface area contributed by atoms with Crippen molar-refractivity contribution in [1.29, 1.82) is 0 Å². The normalized spacial score (nSPS) is 10.8. The monoisotopic (exact) mass is 343 g/mol. The Bertz CT molecular complexity index is 961. The lowest BCUT2D eigenvalue weighted by molar-refractivity contribution is 0.0781. The Kier molecular flexibility index (Phi) is 4.35. The number of H-pyrrole nitrogens is 1. The van der Waals surface area contributed by atoms with E-state index < -0.39 is 0 Å². The first kappa shape index (κ1) is 16.2. The predicted molar refractivity (Wildman–Crippen MR) is 93.8 cm³/mol. The average Bonchev–Trinajstić information content (AvgIpc) is 3.03. The van der Waals surface area contributed by atoms with Gasteiger partial charge in [0.15, 0.2) is 0 Å². The molecule has 0 atom stereocenters. The largest absolute Gasteiger partial charge is 0.496 e. The highest BCUT2D eigenvalue weighted by Crippen LogP contribution is 2.20. The van der Waals surface area contributed by atoms with Gasteiger partial charge in [-0.3, -0.25) is 9.59 Å². The minimum atomic E-state index is -0.178. The number of aromatic nitrogens is 2. The zero-order valence-corrected chi connectivity index (χ0v) is 14.4. The molecule has 0 radical (unpaired) electrons. The van der Waals surface area contributed by atoms with Crippen molar-refractivity contribution in [1.82, 2.24) is 14.9 Å². The van der Waals surface area contributed by atoms with Gasteiger partial charge in [0.1, 0.15) is 16.3 Å². The number of fused-ring (bicyclic) bond motifs is 1. The number of benzene rings is 1. The third-order valence-electron chi connectivity index (χ3n) is 3.75. The highest BCUT2D eigenvalue weighted by atomic mass is 32.1. The number of amides is 1. The molecule has 1 N–H and O–H groups in total. The lowest BCUT2D eigenvalue weighted by atomic mass is 10.1. The quantitative estimate of drug-likeness (QED) is 0.790. The lowest BCUT2D eigenvalue weighted by Crippen LogP contribution is -2.28. The molecule has 0 unspecified atom stereocenters. The van der Waals surface area contributed by atoms with Gasteiger partial charge in [-0.2, -0.15) is 0 Å². The number of carbonyl (C=O) groups is 1. The third kappa shape index (κ3) is 3.03. The van der Waals surface area contributed by atoms with Crippen LogP contribution in [0.15, 0.2) is 34.4 Å². The van der Waals surface area contributed by atoms with Crippen LogP contribution in [0.1, 0.15) is 21.7 Å².